The molecule has 3 fully saturated rings. The highest BCUT2D eigenvalue weighted by molar-refractivity contribution is 7.88. The molecule has 2 N–H and O–H groups in total. The first-order valence-corrected chi connectivity index (χ1v) is 10.9. The number of fused-ring (bicyclic) bond motifs is 1. The lowest BCUT2D eigenvalue weighted by Gasteiger charge is -2.48. The number of alkyl halides is 1. The first-order valence-electron chi connectivity index (χ1n) is 9.46. The zero-order valence-electron chi connectivity index (χ0n) is 15.8. The highest BCUT2D eigenvalue weighted by atomic mass is 32.2. The van der Waals surface area contributed by atoms with Crippen LogP contribution in [0.2, 0.25) is 0 Å². The molecular weight excluding hydrogens is 391 g/mol. The summed E-state index contributed by atoms with van der Waals surface area (Å²) in [6, 6.07) is -1.25. The molecule has 1 aliphatic carbocycles. The molecule has 4 rings (SSSR count). The molecule has 0 bridgehead atoms. The maximum absolute atomic E-state index is 15.5. The summed E-state index contributed by atoms with van der Waals surface area (Å²) in [4.78, 5) is 13.7. The number of nitrogens with one attached hydrogen (secondary N) is 1. The van der Waals surface area contributed by atoms with Crippen LogP contribution in [-0.2, 0) is 21.5 Å². The van der Waals surface area contributed by atoms with Crippen molar-refractivity contribution >= 4 is 16.1 Å². The van der Waals surface area contributed by atoms with Crippen molar-refractivity contribution in [2.24, 2.45) is 11.8 Å². The van der Waals surface area contributed by atoms with Crippen LogP contribution in [0.15, 0.2) is 4.52 Å². The number of aryl methyl sites for hydroxylation is 2. The fourth-order valence-corrected chi connectivity index (χ4v) is 6.18. The van der Waals surface area contributed by atoms with Gasteiger partial charge in [-0.2, -0.15) is 12.7 Å². The zero-order valence-corrected chi connectivity index (χ0v) is 16.7. The van der Waals surface area contributed by atoms with Crippen molar-refractivity contribution in [1.82, 2.24) is 19.1 Å². The van der Waals surface area contributed by atoms with Crippen LogP contribution in [0.3, 0.4) is 0 Å². The number of halogens is 1. The van der Waals surface area contributed by atoms with E-state index in [9.17, 15) is 18.3 Å². The number of carbonyl (C=O) groups excluding carboxylic acids is 1. The molecule has 2 saturated heterocycles. The minimum absolute atomic E-state index is 0.0175. The van der Waals surface area contributed by atoms with Crippen molar-refractivity contribution in [2.75, 3.05) is 19.6 Å². The second-order valence-corrected chi connectivity index (χ2v) is 9.69. The van der Waals surface area contributed by atoms with Crippen LogP contribution in [-0.4, -0.2) is 71.7 Å². The fourth-order valence-electron chi connectivity index (χ4n) is 4.84. The van der Waals surface area contributed by atoms with Crippen LogP contribution in [0, 0.1) is 25.7 Å². The highest BCUT2D eigenvalue weighted by Crippen LogP contribution is 2.41. The van der Waals surface area contributed by atoms with Gasteiger partial charge in [0.25, 0.3) is 0 Å². The molecule has 28 heavy (non-hydrogen) atoms. The topological polar surface area (TPSA) is 116 Å². The number of aliphatic hydroxyl groups excluding tert-OH is 1. The number of nitrogens with zero attached hydrogens (tertiary/aromatic N) is 3. The number of aliphatic hydroxyl groups is 1. The van der Waals surface area contributed by atoms with E-state index in [2.05, 4.69) is 10.1 Å². The second-order valence-electron chi connectivity index (χ2n) is 8.06. The fraction of sp³-hybridized carbons (Fsp3) is 0.765. The molecule has 3 aliphatic rings. The van der Waals surface area contributed by atoms with E-state index in [1.807, 2.05) is 18.6 Å². The smallest absolute Gasteiger partial charge is 0.304 e. The van der Waals surface area contributed by atoms with Gasteiger partial charge in [0.15, 0.2) is 0 Å². The molecule has 1 aromatic rings. The molecule has 1 saturated carbocycles. The molecule has 5 atom stereocenters. The van der Waals surface area contributed by atoms with Gasteiger partial charge in [0, 0.05) is 24.6 Å². The van der Waals surface area contributed by atoms with E-state index in [1.165, 1.54) is 0 Å². The normalized spacial score (nSPS) is 36.3. The monoisotopic (exact) mass is 416 g/mol. The van der Waals surface area contributed by atoms with Crippen molar-refractivity contribution in [1.29, 1.82) is 0 Å². The van der Waals surface area contributed by atoms with Crippen molar-refractivity contribution in [2.45, 2.75) is 51.6 Å². The molecule has 11 heteroatoms. The van der Waals surface area contributed by atoms with Gasteiger partial charge in [0.1, 0.15) is 11.9 Å². The van der Waals surface area contributed by atoms with E-state index >= 15 is 4.39 Å². The van der Waals surface area contributed by atoms with Crippen molar-refractivity contribution < 1.29 is 27.2 Å². The number of carbonyl (C=O) groups is 1. The van der Waals surface area contributed by atoms with Crippen LogP contribution in [0.5, 0.6) is 0 Å². The van der Waals surface area contributed by atoms with Gasteiger partial charge < -0.3 is 9.63 Å². The molecule has 1 aromatic heterocycles. The summed E-state index contributed by atoms with van der Waals surface area (Å²) >= 11 is 0. The first-order chi connectivity index (χ1) is 13.2. The largest absolute Gasteiger partial charge is 0.391 e. The molecule has 3 heterocycles. The highest BCUT2D eigenvalue weighted by Gasteiger charge is 2.53. The minimum Gasteiger partial charge on any atom is -0.391 e. The molecule has 156 valence electrons. The standard InChI is InChI=1S/C17H25FN4O5S/c1-9-12(10(2)27-19-9)6-21-4-3-11-5-14(23)17(16(18)13(11)7-21)22-8-15(24)20-28(22,25)26/h11,13-14,16-17,23H,3-8H2,1-2H3,(H,20,24). The van der Waals surface area contributed by atoms with E-state index in [0.29, 0.717) is 19.5 Å². The summed E-state index contributed by atoms with van der Waals surface area (Å²) in [5.41, 5.74) is 1.79. The van der Waals surface area contributed by atoms with Gasteiger partial charge in [-0.15, -0.1) is 0 Å². The Morgan fingerprint density at radius 1 is 1.39 bits per heavy atom. The molecule has 0 radical (unpaired) electrons. The van der Waals surface area contributed by atoms with Gasteiger partial charge in [-0.1, -0.05) is 5.16 Å². The maximum Gasteiger partial charge on any atom is 0.304 e. The minimum atomic E-state index is -4.11. The number of hydrogen-bond donors (Lipinski definition) is 2. The lowest BCUT2D eigenvalue weighted by Crippen LogP contribution is -2.61. The Balaban J connectivity index is 1.52. The quantitative estimate of drug-likeness (QED) is 0.706. The van der Waals surface area contributed by atoms with E-state index in [1.54, 1.807) is 0 Å². The molecule has 0 aromatic carbocycles. The average molecular weight is 416 g/mol. The summed E-state index contributed by atoms with van der Waals surface area (Å²) in [5, 5.41) is 14.4. The Morgan fingerprint density at radius 2 is 2.14 bits per heavy atom. The van der Waals surface area contributed by atoms with Crippen molar-refractivity contribution in [3.63, 3.8) is 0 Å². The van der Waals surface area contributed by atoms with Gasteiger partial charge in [-0.3, -0.25) is 9.69 Å². The Bertz CT molecular complexity index is 855. The lowest BCUT2D eigenvalue weighted by atomic mass is 9.70. The lowest BCUT2D eigenvalue weighted by molar-refractivity contribution is -0.120. The second kappa shape index (κ2) is 7.05. The van der Waals surface area contributed by atoms with Crippen molar-refractivity contribution in [3.05, 3.63) is 17.0 Å². The van der Waals surface area contributed by atoms with E-state index in [0.717, 1.165) is 34.3 Å². The summed E-state index contributed by atoms with van der Waals surface area (Å²) < 4.78 is 47.7. The summed E-state index contributed by atoms with van der Waals surface area (Å²) in [7, 11) is -4.11. The summed E-state index contributed by atoms with van der Waals surface area (Å²) in [6.07, 6.45) is -1.63. The van der Waals surface area contributed by atoms with Crippen molar-refractivity contribution in [3.8, 4) is 0 Å². The third kappa shape index (κ3) is 3.34. The van der Waals surface area contributed by atoms with Gasteiger partial charge in [0.2, 0.25) is 5.91 Å². The summed E-state index contributed by atoms with van der Waals surface area (Å²) in [6.45, 7) is 5.06. The van der Waals surface area contributed by atoms with Gasteiger partial charge in [-0.05, 0) is 39.2 Å². The van der Waals surface area contributed by atoms with Gasteiger partial charge in [-0.25, -0.2) is 9.11 Å². The first kappa shape index (κ1) is 19.7. The Labute approximate surface area is 163 Å². The van der Waals surface area contributed by atoms with Crippen LogP contribution >= 0.6 is 0 Å². The average Bonchev–Trinajstić information content (AvgIpc) is 3.07. The number of likely N-dealkylation sites (tertiary alicyclic amines) is 1. The molecular formula is C17H25FN4O5S. The maximum atomic E-state index is 15.5. The SMILES string of the molecule is Cc1noc(C)c1CN1CCC2CC(O)C(N3CC(=O)NS3(=O)=O)C(F)C2C1. The van der Waals surface area contributed by atoms with Crippen LogP contribution in [0.25, 0.3) is 0 Å². The van der Waals surface area contributed by atoms with Gasteiger partial charge in [0.05, 0.1) is 24.4 Å². The third-order valence-electron chi connectivity index (χ3n) is 6.31. The molecule has 9 nitrogen and oxygen atoms in total. The number of amides is 1. The number of piperidine rings is 1. The summed E-state index contributed by atoms with van der Waals surface area (Å²) in [5.74, 6) is -0.393. The Morgan fingerprint density at radius 3 is 2.75 bits per heavy atom. The van der Waals surface area contributed by atoms with Crippen LogP contribution in [0.4, 0.5) is 4.39 Å². The van der Waals surface area contributed by atoms with Crippen LogP contribution < -0.4 is 4.72 Å². The molecule has 2 aliphatic heterocycles. The zero-order chi connectivity index (χ0) is 20.2. The molecule has 5 unspecified atom stereocenters. The predicted octanol–water partition coefficient (Wildman–Crippen LogP) is -0.123. The Kier molecular flexibility index (Phi) is 4.97. The molecule has 1 amide bonds. The predicted molar refractivity (Wildman–Crippen MR) is 95.9 cm³/mol. The van der Waals surface area contributed by atoms with Gasteiger partial charge >= 0.3 is 10.2 Å². The Hall–Kier alpha value is -1.56. The third-order valence-corrected chi connectivity index (χ3v) is 7.79. The number of aromatic nitrogens is 1. The van der Waals surface area contributed by atoms with E-state index in [-0.39, 0.29) is 5.92 Å². The van der Waals surface area contributed by atoms with Crippen LogP contribution in [0.1, 0.15) is 29.9 Å². The number of rotatable bonds is 3. The number of hydrogen-bond acceptors (Lipinski definition) is 7. The molecule has 0 spiro atoms. The van der Waals surface area contributed by atoms with E-state index in [4.69, 9.17) is 4.52 Å². The van der Waals surface area contributed by atoms with E-state index < -0.39 is 46.9 Å².